The maximum absolute atomic E-state index is 13.9. The van der Waals surface area contributed by atoms with Crippen molar-refractivity contribution in [2.45, 2.75) is 12.5 Å². The van der Waals surface area contributed by atoms with Gasteiger partial charge in [-0.3, -0.25) is 0 Å². The summed E-state index contributed by atoms with van der Waals surface area (Å²) >= 11 is 5.94. The van der Waals surface area contributed by atoms with Crippen molar-refractivity contribution in [2.24, 2.45) is 5.73 Å². The van der Waals surface area contributed by atoms with Crippen molar-refractivity contribution < 1.29 is 13.5 Å². The summed E-state index contributed by atoms with van der Waals surface area (Å²) in [5.41, 5.74) is 6.54. The summed E-state index contributed by atoms with van der Waals surface area (Å²) in [7, 11) is 1.45. The Bertz CT molecular complexity index is 599. The molecule has 20 heavy (non-hydrogen) atoms. The van der Waals surface area contributed by atoms with Crippen LogP contribution in [0.15, 0.2) is 36.4 Å². The molecule has 0 saturated heterocycles. The minimum absolute atomic E-state index is 0.120. The van der Waals surface area contributed by atoms with Gasteiger partial charge >= 0.3 is 0 Å². The Kier molecular flexibility index (Phi) is 4.57. The molecule has 0 heterocycles. The largest absolute Gasteiger partial charge is 0.497 e. The van der Waals surface area contributed by atoms with E-state index in [1.807, 2.05) is 0 Å². The summed E-state index contributed by atoms with van der Waals surface area (Å²) in [5.74, 6) is -0.520. The SMILES string of the molecule is COc1ccc(C(N)Cc2c(F)cccc2Cl)c(F)c1. The van der Waals surface area contributed by atoms with Gasteiger partial charge in [0.1, 0.15) is 17.4 Å². The van der Waals surface area contributed by atoms with Gasteiger partial charge in [0, 0.05) is 28.3 Å². The Balaban J connectivity index is 2.26. The van der Waals surface area contributed by atoms with Gasteiger partial charge in [-0.2, -0.15) is 0 Å². The van der Waals surface area contributed by atoms with E-state index in [1.165, 1.54) is 31.4 Å². The average molecular weight is 298 g/mol. The number of methoxy groups -OCH3 is 1. The van der Waals surface area contributed by atoms with Gasteiger partial charge in [0.25, 0.3) is 0 Å². The molecule has 2 aromatic carbocycles. The predicted molar refractivity (Wildman–Crippen MR) is 75.0 cm³/mol. The minimum atomic E-state index is -0.685. The highest BCUT2D eigenvalue weighted by molar-refractivity contribution is 6.31. The van der Waals surface area contributed by atoms with Crippen LogP contribution < -0.4 is 10.5 Å². The van der Waals surface area contributed by atoms with Gasteiger partial charge in [-0.25, -0.2) is 8.78 Å². The molecule has 1 unspecified atom stereocenters. The van der Waals surface area contributed by atoms with E-state index in [1.54, 1.807) is 12.1 Å². The van der Waals surface area contributed by atoms with Crippen LogP contribution >= 0.6 is 11.6 Å². The average Bonchev–Trinajstić information content (AvgIpc) is 2.42. The molecule has 0 spiro atoms. The molecule has 0 aromatic heterocycles. The molecular formula is C15H14ClF2NO. The third-order valence-corrected chi connectivity index (χ3v) is 3.45. The van der Waals surface area contributed by atoms with Crippen molar-refractivity contribution in [3.05, 3.63) is 64.2 Å². The smallest absolute Gasteiger partial charge is 0.131 e. The van der Waals surface area contributed by atoms with E-state index < -0.39 is 17.7 Å². The van der Waals surface area contributed by atoms with Gasteiger partial charge in [0.2, 0.25) is 0 Å². The first-order chi connectivity index (χ1) is 9.52. The fourth-order valence-corrected chi connectivity index (χ4v) is 2.23. The van der Waals surface area contributed by atoms with Crippen molar-refractivity contribution in [3.8, 4) is 5.75 Å². The van der Waals surface area contributed by atoms with Crippen LogP contribution in [-0.4, -0.2) is 7.11 Å². The van der Waals surface area contributed by atoms with Crippen molar-refractivity contribution in [3.63, 3.8) is 0 Å². The lowest BCUT2D eigenvalue weighted by atomic mass is 9.98. The van der Waals surface area contributed by atoms with Crippen LogP contribution in [-0.2, 0) is 6.42 Å². The summed E-state index contributed by atoms with van der Waals surface area (Å²) in [5, 5.41) is 0.286. The maximum atomic E-state index is 13.9. The fourth-order valence-electron chi connectivity index (χ4n) is 1.99. The molecule has 2 nitrogen and oxygen atoms in total. The summed E-state index contributed by atoms with van der Waals surface area (Å²) in [4.78, 5) is 0. The molecule has 0 radical (unpaired) electrons. The second-order valence-corrected chi connectivity index (χ2v) is 4.81. The van der Waals surface area contributed by atoms with Crippen LogP contribution in [0, 0.1) is 11.6 Å². The van der Waals surface area contributed by atoms with Crippen LogP contribution in [0.4, 0.5) is 8.78 Å². The number of hydrogen-bond donors (Lipinski definition) is 1. The zero-order chi connectivity index (χ0) is 14.7. The number of benzene rings is 2. The highest BCUT2D eigenvalue weighted by Gasteiger charge is 2.16. The van der Waals surface area contributed by atoms with Gasteiger partial charge in [0.05, 0.1) is 7.11 Å². The normalized spacial score (nSPS) is 12.2. The first-order valence-corrected chi connectivity index (χ1v) is 6.42. The third-order valence-electron chi connectivity index (χ3n) is 3.09. The predicted octanol–water partition coefficient (Wildman–Crippen LogP) is 3.87. The lowest BCUT2D eigenvalue weighted by Gasteiger charge is -2.15. The van der Waals surface area contributed by atoms with E-state index in [-0.39, 0.29) is 17.0 Å². The minimum Gasteiger partial charge on any atom is -0.497 e. The molecule has 0 fully saturated rings. The molecular weight excluding hydrogens is 284 g/mol. The van der Waals surface area contributed by atoms with Crippen molar-refractivity contribution >= 4 is 11.6 Å². The monoisotopic (exact) mass is 297 g/mol. The molecule has 2 N–H and O–H groups in total. The standard InChI is InChI=1S/C15H14ClF2NO/c1-20-9-5-6-10(14(18)7-9)15(19)8-11-12(16)3-2-4-13(11)17/h2-7,15H,8,19H2,1H3. The van der Waals surface area contributed by atoms with E-state index in [4.69, 9.17) is 22.1 Å². The van der Waals surface area contributed by atoms with Crippen LogP contribution in [0.2, 0.25) is 5.02 Å². The van der Waals surface area contributed by atoms with Crippen LogP contribution in [0.25, 0.3) is 0 Å². The topological polar surface area (TPSA) is 35.2 Å². The second kappa shape index (κ2) is 6.20. The zero-order valence-electron chi connectivity index (χ0n) is 10.9. The highest BCUT2D eigenvalue weighted by atomic mass is 35.5. The molecule has 1 atom stereocenters. The number of ether oxygens (including phenoxy) is 1. The molecule has 0 aliphatic rings. The summed E-state index contributed by atoms with van der Waals surface area (Å²) < 4.78 is 32.5. The molecule has 2 rings (SSSR count). The van der Waals surface area contributed by atoms with Gasteiger partial charge in [0.15, 0.2) is 0 Å². The number of halogens is 3. The van der Waals surface area contributed by atoms with Crippen LogP contribution in [0.3, 0.4) is 0 Å². The molecule has 0 aliphatic heterocycles. The zero-order valence-corrected chi connectivity index (χ0v) is 11.6. The van der Waals surface area contributed by atoms with Gasteiger partial charge in [-0.05, 0) is 24.6 Å². The molecule has 0 bridgehead atoms. The Morgan fingerprint density at radius 2 is 1.95 bits per heavy atom. The second-order valence-electron chi connectivity index (χ2n) is 4.40. The van der Waals surface area contributed by atoms with Gasteiger partial charge in [-0.15, -0.1) is 0 Å². The number of hydrogen-bond acceptors (Lipinski definition) is 2. The summed E-state index contributed by atoms with van der Waals surface area (Å²) in [6.45, 7) is 0. The fraction of sp³-hybridized carbons (Fsp3) is 0.200. The summed E-state index contributed by atoms with van der Waals surface area (Å²) in [6.07, 6.45) is 0.120. The lowest BCUT2D eigenvalue weighted by molar-refractivity contribution is 0.410. The summed E-state index contributed by atoms with van der Waals surface area (Å²) in [6, 6.07) is 8.11. The Labute approximate surface area is 121 Å². The van der Waals surface area contributed by atoms with Gasteiger partial charge < -0.3 is 10.5 Å². The first-order valence-electron chi connectivity index (χ1n) is 6.05. The van der Waals surface area contributed by atoms with Crippen LogP contribution in [0.1, 0.15) is 17.2 Å². The first kappa shape index (κ1) is 14.8. The Morgan fingerprint density at radius 3 is 2.55 bits per heavy atom. The molecule has 0 amide bonds. The lowest BCUT2D eigenvalue weighted by Crippen LogP contribution is -2.16. The van der Waals surface area contributed by atoms with E-state index in [9.17, 15) is 8.78 Å². The number of nitrogens with two attached hydrogens (primary N) is 1. The van der Waals surface area contributed by atoms with Gasteiger partial charge in [-0.1, -0.05) is 23.7 Å². The molecule has 2 aromatic rings. The quantitative estimate of drug-likeness (QED) is 0.930. The Morgan fingerprint density at radius 1 is 1.20 bits per heavy atom. The van der Waals surface area contributed by atoms with E-state index in [2.05, 4.69) is 0 Å². The number of rotatable bonds is 4. The molecule has 0 aliphatic carbocycles. The molecule has 106 valence electrons. The van der Waals surface area contributed by atoms with Crippen molar-refractivity contribution in [2.75, 3.05) is 7.11 Å². The maximum Gasteiger partial charge on any atom is 0.131 e. The van der Waals surface area contributed by atoms with Crippen LogP contribution in [0.5, 0.6) is 5.75 Å². The molecule has 0 saturated carbocycles. The third kappa shape index (κ3) is 3.08. The van der Waals surface area contributed by atoms with Crippen molar-refractivity contribution in [1.29, 1.82) is 0 Å². The van der Waals surface area contributed by atoms with E-state index in [0.717, 1.165) is 0 Å². The Hall–Kier alpha value is -1.65. The highest BCUT2D eigenvalue weighted by Crippen LogP contribution is 2.27. The van der Waals surface area contributed by atoms with E-state index >= 15 is 0 Å². The van der Waals surface area contributed by atoms with E-state index in [0.29, 0.717) is 11.3 Å². The molecule has 5 heteroatoms. The van der Waals surface area contributed by atoms with Crippen molar-refractivity contribution in [1.82, 2.24) is 0 Å².